The van der Waals surface area contributed by atoms with E-state index < -0.39 is 21.3 Å². The Hall–Kier alpha value is -0.747. The second-order valence-corrected chi connectivity index (χ2v) is 15.1. The predicted octanol–water partition coefficient (Wildman–Crippen LogP) is 0.516. The largest absolute Gasteiger partial charge is 1.00 e. The Morgan fingerprint density at radius 2 is 1.53 bits per heavy atom. The van der Waals surface area contributed by atoms with Crippen LogP contribution in [-0.2, 0) is 27.7 Å². The smallest absolute Gasteiger partial charge is 1.00 e. The first-order valence-corrected chi connectivity index (χ1v) is 14.7. The second kappa shape index (κ2) is 9.81. The SMILES string of the molecule is CC1=CC(C)[C]([Zr+2](=[C]2CCCCC2)[c]2cccc3c2Cc2ccccc2-3)=C1C.[Cl-].[Cl-]. The van der Waals surface area contributed by atoms with E-state index in [1.54, 1.807) is 14.4 Å². The first-order valence-electron chi connectivity index (χ1n) is 11.0. The number of hydrogen-bond donors (Lipinski definition) is 0. The zero-order chi connectivity index (χ0) is 19.3. The standard InChI is InChI=1S/C13H9.C8H11.C6H10.2ClH.Zr/c1-3-7-12-10(5-1)9-11-6-2-4-8-13(11)12;1-6-4-7(2)8(3)5-6;1-2-4-6-5-3-1;;;/h1-5,7-8H,9H2;4,6H,1-3H3;1-5H2;2*1H;/q;;;;;+2/p-2. The molecule has 5 rings (SSSR count). The van der Waals surface area contributed by atoms with E-state index >= 15 is 0 Å². The van der Waals surface area contributed by atoms with Crippen LogP contribution in [0.3, 0.4) is 0 Å². The van der Waals surface area contributed by atoms with E-state index in [-0.39, 0.29) is 24.8 Å². The van der Waals surface area contributed by atoms with Crippen LogP contribution in [0.15, 0.2) is 63.0 Å². The van der Waals surface area contributed by atoms with Gasteiger partial charge in [-0.05, 0) is 0 Å². The number of rotatable bonds is 2. The molecule has 0 aromatic heterocycles. The molecule has 3 aliphatic rings. The predicted molar refractivity (Wildman–Crippen MR) is 118 cm³/mol. The Balaban J connectivity index is 0.00000128. The Morgan fingerprint density at radius 1 is 0.833 bits per heavy atom. The maximum absolute atomic E-state index is 2.53. The summed E-state index contributed by atoms with van der Waals surface area (Å²) in [5, 5.41) is 0. The summed E-state index contributed by atoms with van der Waals surface area (Å²) in [4.78, 5) is 0. The van der Waals surface area contributed by atoms with Crippen LogP contribution < -0.4 is 28.1 Å². The van der Waals surface area contributed by atoms with Gasteiger partial charge in [-0.15, -0.1) is 0 Å². The van der Waals surface area contributed by atoms with Crippen molar-refractivity contribution in [1.29, 1.82) is 0 Å². The molecule has 0 nitrogen and oxygen atoms in total. The molecule has 2 aromatic carbocycles. The molecular weight excluding hydrogens is 486 g/mol. The molecule has 1 atom stereocenters. The summed E-state index contributed by atoms with van der Waals surface area (Å²) in [5.41, 5.74) is 9.38. The van der Waals surface area contributed by atoms with E-state index in [0.717, 1.165) is 6.42 Å². The molecule has 1 saturated carbocycles. The average molecular weight is 517 g/mol. The maximum Gasteiger partial charge on any atom is -1.00 e. The van der Waals surface area contributed by atoms with Crippen LogP contribution in [0.2, 0.25) is 0 Å². The maximum atomic E-state index is 2.53. The van der Waals surface area contributed by atoms with Gasteiger partial charge in [0, 0.05) is 0 Å². The molecule has 1 unspecified atom stereocenters. The monoisotopic (exact) mass is 514 g/mol. The Labute approximate surface area is 201 Å². The molecule has 0 radical (unpaired) electrons. The van der Waals surface area contributed by atoms with Crippen LogP contribution in [0.5, 0.6) is 0 Å². The van der Waals surface area contributed by atoms with Crippen molar-refractivity contribution in [2.75, 3.05) is 0 Å². The summed E-state index contributed by atoms with van der Waals surface area (Å²) in [6.45, 7) is 7.19. The van der Waals surface area contributed by atoms with Gasteiger partial charge in [0.15, 0.2) is 0 Å². The molecule has 0 spiro atoms. The summed E-state index contributed by atoms with van der Waals surface area (Å²) in [5.74, 6) is 0.642. The van der Waals surface area contributed by atoms with Crippen LogP contribution in [0, 0.1) is 5.92 Å². The molecule has 0 saturated heterocycles. The second-order valence-electron chi connectivity index (χ2n) is 8.88. The molecule has 0 bridgehead atoms. The van der Waals surface area contributed by atoms with Crippen molar-refractivity contribution in [3.63, 3.8) is 0 Å². The third-order valence-corrected chi connectivity index (χ3v) is 16.0. The van der Waals surface area contributed by atoms with Gasteiger partial charge in [0.25, 0.3) is 0 Å². The third kappa shape index (κ3) is 4.03. The molecule has 0 amide bonds. The van der Waals surface area contributed by atoms with Gasteiger partial charge in [-0.25, -0.2) is 0 Å². The van der Waals surface area contributed by atoms with E-state index in [9.17, 15) is 0 Å². The molecule has 0 heterocycles. The van der Waals surface area contributed by atoms with Gasteiger partial charge in [-0.1, -0.05) is 0 Å². The number of halogens is 2. The molecule has 0 aliphatic heterocycles. The fourth-order valence-corrected chi connectivity index (χ4v) is 15.0. The van der Waals surface area contributed by atoms with E-state index in [4.69, 9.17) is 0 Å². The molecule has 1 fully saturated rings. The minimum atomic E-state index is -2.07. The van der Waals surface area contributed by atoms with Crippen molar-refractivity contribution < 1.29 is 46.1 Å². The first kappa shape index (κ1) is 23.9. The molecule has 0 N–H and O–H groups in total. The third-order valence-electron chi connectivity index (χ3n) is 7.15. The summed E-state index contributed by atoms with van der Waals surface area (Å²) in [6, 6.07) is 16.3. The normalized spacial score (nSPS) is 19.2. The van der Waals surface area contributed by atoms with E-state index in [2.05, 4.69) is 69.3 Å². The van der Waals surface area contributed by atoms with E-state index in [1.165, 1.54) is 54.4 Å². The number of allylic oxidation sites excluding steroid dienone is 4. The van der Waals surface area contributed by atoms with Gasteiger partial charge in [-0.3, -0.25) is 0 Å². The number of benzene rings is 2. The van der Waals surface area contributed by atoms with Crippen LogP contribution in [-0.4, -0.2) is 3.21 Å². The van der Waals surface area contributed by atoms with Crippen molar-refractivity contribution in [3.05, 3.63) is 74.1 Å². The number of hydrogen-bond acceptors (Lipinski definition) is 0. The van der Waals surface area contributed by atoms with Crippen LogP contribution in [0.4, 0.5) is 0 Å². The summed E-state index contributed by atoms with van der Waals surface area (Å²) in [7, 11) is 0. The molecule has 156 valence electrons. The van der Waals surface area contributed by atoms with Gasteiger partial charge < -0.3 is 24.8 Å². The molecule has 2 aromatic rings. The Morgan fingerprint density at radius 3 is 2.23 bits per heavy atom. The zero-order valence-electron chi connectivity index (χ0n) is 18.2. The van der Waals surface area contributed by atoms with Crippen molar-refractivity contribution in [2.24, 2.45) is 5.92 Å². The van der Waals surface area contributed by atoms with Crippen LogP contribution in [0.25, 0.3) is 11.1 Å². The van der Waals surface area contributed by atoms with Gasteiger partial charge >= 0.3 is 178 Å². The minimum Gasteiger partial charge on any atom is -1.00 e. The zero-order valence-corrected chi connectivity index (χ0v) is 22.2. The van der Waals surface area contributed by atoms with Crippen molar-refractivity contribution in [1.82, 2.24) is 0 Å². The quantitative estimate of drug-likeness (QED) is 0.466. The van der Waals surface area contributed by atoms with Crippen molar-refractivity contribution >= 4 is 6.48 Å². The van der Waals surface area contributed by atoms with Crippen LogP contribution in [0.1, 0.15) is 64.0 Å². The fourth-order valence-electron chi connectivity index (χ4n) is 5.70. The molecule has 3 aliphatic carbocycles. The summed E-state index contributed by atoms with van der Waals surface area (Å²) < 4.78 is 5.65. The summed E-state index contributed by atoms with van der Waals surface area (Å²) >= 11 is -2.07. The van der Waals surface area contributed by atoms with Gasteiger partial charge in [-0.2, -0.15) is 0 Å². The Kier molecular flexibility index (Phi) is 7.82. The molecular formula is C27H30Cl2Zr. The molecule has 3 heteroatoms. The fraction of sp³-hybridized carbons (Fsp3) is 0.370. The Bertz CT molecular complexity index is 1050. The van der Waals surface area contributed by atoms with Gasteiger partial charge in [0.2, 0.25) is 0 Å². The number of fused-ring (bicyclic) bond motifs is 3. The topological polar surface area (TPSA) is 0 Å². The van der Waals surface area contributed by atoms with Gasteiger partial charge in [0.1, 0.15) is 0 Å². The van der Waals surface area contributed by atoms with Crippen molar-refractivity contribution in [3.8, 4) is 11.1 Å². The van der Waals surface area contributed by atoms with E-state index in [1.807, 2.05) is 6.49 Å². The van der Waals surface area contributed by atoms with Crippen molar-refractivity contribution in [2.45, 2.75) is 59.3 Å². The summed E-state index contributed by atoms with van der Waals surface area (Å²) in [6.07, 6.45) is 10.7. The molecule has 30 heavy (non-hydrogen) atoms. The minimum absolute atomic E-state index is 0. The average Bonchev–Trinajstić information content (AvgIpc) is 3.22. The first-order chi connectivity index (χ1) is 13.6. The van der Waals surface area contributed by atoms with Gasteiger partial charge in [0.05, 0.1) is 0 Å². The van der Waals surface area contributed by atoms with E-state index in [0.29, 0.717) is 5.92 Å². The van der Waals surface area contributed by atoms with Crippen LogP contribution >= 0.6 is 0 Å².